The Labute approximate surface area is 85.5 Å². The van der Waals surface area contributed by atoms with Gasteiger partial charge in [0, 0.05) is 25.0 Å². The Kier molecular flexibility index (Phi) is 2.35. The van der Waals surface area contributed by atoms with E-state index in [2.05, 4.69) is 35.6 Å². The zero-order chi connectivity index (χ0) is 10.2. The molecule has 1 N–H and O–H groups in total. The molecule has 0 amide bonds. The zero-order valence-corrected chi connectivity index (χ0v) is 9.25. The van der Waals surface area contributed by atoms with Crippen molar-refractivity contribution in [3.8, 4) is 0 Å². The first-order valence-electron chi connectivity index (χ1n) is 5.37. The first-order valence-corrected chi connectivity index (χ1v) is 5.37. The number of aromatic nitrogens is 2. The highest BCUT2D eigenvalue weighted by atomic mass is 15.1. The van der Waals surface area contributed by atoms with Crippen molar-refractivity contribution in [2.45, 2.75) is 46.3 Å². The van der Waals surface area contributed by atoms with Crippen LogP contribution < -0.4 is 5.32 Å². The summed E-state index contributed by atoms with van der Waals surface area (Å²) in [5.74, 6) is 1.15. The van der Waals surface area contributed by atoms with Crippen molar-refractivity contribution in [3.05, 3.63) is 18.2 Å². The number of imidazole rings is 1. The normalized spacial score (nSPS) is 23.8. The van der Waals surface area contributed by atoms with Crippen molar-refractivity contribution in [1.29, 1.82) is 0 Å². The van der Waals surface area contributed by atoms with E-state index in [1.165, 1.54) is 6.42 Å². The molecule has 0 aromatic carbocycles. The number of nitrogens with one attached hydrogen (secondary N) is 1. The molecule has 1 aromatic rings. The summed E-state index contributed by atoms with van der Waals surface area (Å²) < 4.78 is 2.18. The summed E-state index contributed by atoms with van der Waals surface area (Å²) in [6.45, 7) is 8.65. The summed E-state index contributed by atoms with van der Waals surface area (Å²) in [5, 5.41) is 3.54. The molecule has 3 nitrogen and oxygen atoms in total. The molecule has 1 saturated carbocycles. The van der Waals surface area contributed by atoms with E-state index in [4.69, 9.17) is 0 Å². The van der Waals surface area contributed by atoms with Gasteiger partial charge in [-0.05, 0) is 18.8 Å². The monoisotopic (exact) mass is 193 g/mol. The van der Waals surface area contributed by atoms with Gasteiger partial charge in [0.1, 0.15) is 5.82 Å². The minimum Gasteiger partial charge on any atom is -0.334 e. The van der Waals surface area contributed by atoms with Crippen LogP contribution in [0.2, 0.25) is 0 Å². The van der Waals surface area contributed by atoms with Gasteiger partial charge in [-0.2, -0.15) is 0 Å². The highest BCUT2D eigenvalue weighted by Gasteiger charge is 2.45. The second-order valence-corrected chi connectivity index (χ2v) is 4.76. The van der Waals surface area contributed by atoms with E-state index in [-0.39, 0.29) is 0 Å². The van der Waals surface area contributed by atoms with Crippen LogP contribution >= 0.6 is 0 Å². The lowest BCUT2D eigenvalue weighted by molar-refractivity contribution is 0.524. The average Bonchev–Trinajstić information content (AvgIpc) is 2.62. The zero-order valence-electron chi connectivity index (χ0n) is 9.25. The van der Waals surface area contributed by atoms with Gasteiger partial charge in [0.15, 0.2) is 0 Å². The molecule has 0 spiro atoms. The van der Waals surface area contributed by atoms with Crippen molar-refractivity contribution >= 4 is 0 Å². The lowest BCUT2D eigenvalue weighted by Crippen LogP contribution is -2.22. The van der Waals surface area contributed by atoms with E-state index < -0.39 is 0 Å². The van der Waals surface area contributed by atoms with Gasteiger partial charge in [0.2, 0.25) is 0 Å². The van der Waals surface area contributed by atoms with Crippen LogP contribution in [0, 0.1) is 5.41 Å². The molecule has 1 fully saturated rings. The maximum absolute atomic E-state index is 4.33. The molecule has 1 unspecified atom stereocenters. The van der Waals surface area contributed by atoms with Crippen molar-refractivity contribution < 1.29 is 0 Å². The van der Waals surface area contributed by atoms with E-state index in [1.807, 2.05) is 12.4 Å². The number of hydrogen-bond donors (Lipinski definition) is 1. The highest BCUT2D eigenvalue weighted by molar-refractivity contribution is 5.03. The predicted molar refractivity (Wildman–Crippen MR) is 56.9 cm³/mol. The van der Waals surface area contributed by atoms with Crippen molar-refractivity contribution in [1.82, 2.24) is 14.9 Å². The van der Waals surface area contributed by atoms with Crippen molar-refractivity contribution in [3.63, 3.8) is 0 Å². The van der Waals surface area contributed by atoms with E-state index >= 15 is 0 Å². The fourth-order valence-corrected chi connectivity index (χ4v) is 1.83. The molecule has 1 heterocycles. The van der Waals surface area contributed by atoms with Gasteiger partial charge in [-0.1, -0.05) is 13.8 Å². The van der Waals surface area contributed by atoms with Gasteiger partial charge in [-0.3, -0.25) is 0 Å². The first-order chi connectivity index (χ1) is 6.63. The Morgan fingerprint density at radius 2 is 2.36 bits per heavy atom. The number of rotatable bonds is 4. The summed E-state index contributed by atoms with van der Waals surface area (Å²) >= 11 is 0. The van der Waals surface area contributed by atoms with E-state index in [1.54, 1.807) is 0 Å². The highest BCUT2D eigenvalue weighted by Crippen LogP contribution is 2.44. The third kappa shape index (κ3) is 1.82. The lowest BCUT2D eigenvalue weighted by atomic mass is 10.2. The molecule has 1 atom stereocenters. The Balaban J connectivity index is 1.87. The summed E-state index contributed by atoms with van der Waals surface area (Å²) in [4.78, 5) is 4.33. The van der Waals surface area contributed by atoms with Crippen LogP contribution in [0.4, 0.5) is 0 Å². The molecular weight excluding hydrogens is 174 g/mol. The molecule has 0 aliphatic heterocycles. The SMILES string of the molecule is CCn1ccnc1CNC1CC1(C)C. The predicted octanol–water partition coefficient (Wildman–Crippen LogP) is 1.79. The quantitative estimate of drug-likeness (QED) is 0.790. The largest absolute Gasteiger partial charge is 0.334 e. The Hall–Kier alpha value is -0.830. The Bertz CT molecular complexity index is 314. The van der Waals surface area contributed by atoms with Gasteiger partial charge in [0.25, 0.3) is 0 Å². The molecule has 1 aliphatic carbocycles. The Morgan fingerprint density at radius 3 is 2.93 bits per heavy atom. The van der Waals surface area contributed by atoms with Gasteiger partial charge >= 0.3 is 0 Å². The number of aryl methyl sites for hydroxylation is 1. The van der Waals surface area contributed by atoms with Crippen LogP contribution in [0.15, 0.2) is 12.4 Å². The van der Waals surface area contributed by atoms with Gasteiger partial charge < -0.3 is 9.88 Å². The minimum absolute atomic E-state index is 0.504. The van der Waals surface area contributed by atoms with Crippen molar-refractivity contribution in [2.24, 2.45) is 5.41 Å². The van der Waals surface area contributed by atoms with E-state index in [9.17, 15) is 0 Å². The minimum atomic E-state index is 0.504. The molecule has 1 aliphatic rings. The van der Waals surface area contributed by atoms with Gasteiger partial charge in [-0.25, -0.2) is 4.98 Å². The third-order valence-electron chi connectivity index (χ3n) is 3.16. The fourth-order valence-electron chi connectivity index (χ4n) is 1.83. The van der Waals surface area contributed by atoms with Gasteiger partial charge in [-0.15, -0.1) is 0 Å². The molecule has 3 heteroatoms. The first kappa shape index (κ1) is 9.71. The Morgan fingerprint density at radius 1 is 1.64 bits per heavy atom. The molecular formula is C11H19N3. The number of nitrogens with zero attached hydrogens (tertiary/aromatic N) is 2. The van der Waals surface area contributed by atoms with Crippen LogP contribution in [0.25, 0.3) is 0 Å². The molecule has 0 saturated heterocycles. The van der Waals surface area contributed by atoms with Crippen LogP contribution in [0.5, 0.6) is 0 Å². The molecule has 14 heavy (non-hydrogen) atoms. The van der Waals surface area contributed by atoms with Crippen LogP contribution in [-0.4, -0.2) is 15.6 Å². The molecule has 2 rings (SSSR count). The second-order valence-electron chi connectivity index (χ2n) is 4.76. The maximum Gasteiger partial charge on any atom is 0.122 e. The fraction of sp³-hybridized carbons (Fsp3) is 0.727. The summed E-state index contributed by atoms with van der Waals surface area (Å²) in [5.41, 5.74) is 0.504. The van der Waals surface area contributed by atoms with Crippen molar-refractivity contribution in [2.75, 3.05) is 0 Å². The number of hydrogen-bond acceptors (Lipinski definition) is 2. The maximum atomic E-state index is 4.33. The van der Waals surface area contributed by atoms with Crippen LogP contribution in [0.3, 0.4) is 0 Å². The second kappa shape index (κ2) is 3.39. The van der Waals surface area contributed by atoms with Gasteiger partial charge in [0.05, 0.1) is 6.54 Å². The van der Waals surface area contributed by atoms with Crippen LogP contribution in [-0.2, 0) is 13.1 Å². The smallest absolute Gasteiger partial charge is 0.122 e. The summed E-state index contributed by atoms with van der Waals surface area (Å²) in [6.07, 6.45) is 5.20. The summed E-state index contributed by atoms with van der Waals surface area (Å²) in [7, 11) is 0. The van der Waals surface area contributed by atoms with Crippen LogP contribution in [0.1, 0.15) is 33.0 Å². The van der Waals surface area contributed by atoms with E-state index in [0.29, 0.717) is 11.5 Å². The molecule has 0 bridgehead atoms. The summed E-state index contributed by atoms with van der Waals surface area (Å²) in [6, 6.07) is 0.685. The standard InChI is InChI=1S/C11H19N3/c1-4-14-6-5-12-10(14)8-13-9-7-11(9,2)3/h5-6,9,13H,4,7-8H2,1-3H3. The molecule has 0 radical (unpaired) electrons. The lowest BCUT2D eigenvalue weighted by Gasteiger charge is -2.07. The molecule has 78 valence electrons. The average molecular weight is 193 g/mol. The third-order valence-corrected chi connectivity index (χ3v) is 3.16. The van der Waals surface area contributed by atoms with E-state index in [0.717, 1.165) is 18.9 Å². The topological polar surface area (TPSA) is 29.9 Å². The molecule has 1 aromatic heterocycles.